The van der Waals surface area contributed by atoms with E-state index in [4.69, 9.17) is 20.0 Å². The monoisotopic (exact) mass is 1100 g/mol. The second-order valence-electron chi connectivity index (χ2n) is 23.5. The van der Waals surface area contributed by atoms with Crippen LogP contribution in [0, 0.1) is 17.8 Å². The number of rotatable bonds is 10. The third-order valence-electron chi connectivity index (χ3n) is 18.0. The van der Waals surface area contributed by atoms with Crippen molar-refractivity contribution >= 4 is 44.3 Å². The van der Waals surface area contributed by atoms with Crippen LogP contribution in [0.1, 0.15) is 74.4 Å². The Balaban J connectivity index is 0.853. The first kappa shape index (κ1) is 53.4. The average Bonchev–Trinajstić information content (AvgIpc) is 2.71. The molecule has 412 valence electrons. The SMILES string of the molecule is CC1\C=C/C=C(C2=Nc3cc(-c4ccc5c(-c6ccccc6)c6cc(-c7ccc(-c8ccc9c(c8)N=C(c8ccccn8)[C@H](Cc8ccccn8)[C@@H]9C)cc7)ccc6c(-c6ccccc6)c5c4)ccc3CCC2C2=C/CCC/C=C/C=C\2)\C=C\C1. The van der Waals surface area contributed by atoms with Crippen molar-refractivity contribution in [3.8, 4) is 55.6 Å². The number of fused-ring (bicyclic) bond motifs is 4. The Hall–Kier alpha value is -9.64. The predicted molar refractivity (Wildman–Crippen MR) is 358 cm³/mol. The lowest BCUT2D eigenvalue weighted by Gasteiger charge is -2.31. The van der Waals surface area contributed by atoms with E-state index in [9.17, 15) is 0 Å². The first-order valence-corrected chi connectivity index (χ1v) is 30.6. The molecule has 4 heterocycles. The molecule has 0 bridgehead atoms. The van der Waals surface area contributed by atoms with Crippen molar-refractivity contribution in [1.29, 1.82) is 0 Å². The molecule has 10 aromatic rings. The van der Waals surface area contributed by atoms with Crippen molar-refractivity contribution in [1.82, 2.24) is 9.97 Å². The number of hydrogen-bond acceptors (Lipinski definition) is 4. The van der Waals surface area contributed by atoms with Gasteiger partial charge in [0.2, 0.25) is 0 Å². The maximum atomic E-state index is 5.76. The van der Waals surface area contributed by atoms with Gasteiger partial charge in [-0.15, -0.1) is 0 Å². The molecule has 0 radical (unpaired) electrons. The summed E-state index contributed by atoms with van der Waals surface area (Å²) in [5.74, 6) is 1.07. The topological polar surface area (TPSA) is 50.5 Å². The summed E-state index contributed by atoms with van der Waals surface area (Å²) in [6.07, 6.45) is 34.0. The zero-order chi connectivity index (χ0) is 57.1. The molecule has 4 heteroatoms. The molecule has 0 N–H and O–H groups in total. The largest absolute Gasteiger partial charge is 0.261 e. The van der Waals surface area contributed by atoms with Gasteiger partial charge in [0.05, 0.1) is 28.5 Å². The predicted octanol–water partition coefficient (Wildman–Crippen LogP) is 21.2. The highest BCUT2D eigenvalue weighted by atomic mass is 14.8. The second-order valence-corrected chi connectivity index (χ2v) is 23.5. The maximum absolute atomic E-state index is 5.76. The summed E-state index contributed by atoms with van der Waals surface area (Å²) in [6.45, 7) is 4.61. The summed E-state index contributed by atoms with van der Waals surface area (Å²) in [5.41, 5.74) is 23.2. The van der Waals surface area contributed by atoms with Crippen LogP contribution in [0.3, 0.4) is 0 Å². The number of aliphatic imine (C=N–C) groups is 2. The van der Waals surface area contributed by atoms with Crippen LogP contribution in [-0.4, -0.2) is 21.4 Å². The van der Waals surface area contributed by atoms with E-state index in [1.165, 1.54) is 88.3 Å². The smallest absolute Gasteiger partial charge is 0.0847 e. The van der Waals surface area contributed by atoms with Gasteiger partial charge in [0.15, 0.2) is 0 Å². The van der Waals surface area contributed by atoms with Gasteiger partial charge in [-0.1, -0.05) is 220 Å². The molecule has 0 saturated carbocycles. The van der Waals surface area contributed by atoms with Gasteiger partial charge < -0.3 is 0 Å². The Morgan fingerprint density at radius 1 is 0.482 bits per heavy atom. The van der Waals surface area contributed by atoms with Crippen LogP contribution in [0.4, 0.5) is 11.4 Å². The van der Waals surface area contributed by atoms with Crippen LogP contribution in [0.25, 0.3) is 77.2 Å². The van der Waals surface area contributed by atoms with Gasteiger partial charge in [-0.2, -0.15) is 0 Å². The van der Waals surface area contributed by atoms with Gasteiger partial charge in [-0.25, -0.2) is 0 Å². The fourth-order valence-electron chi connectivity index (χ4n) is 13.5. The molecule has 4 atom stereocenters. The fraction of sp³-hybridized carbons (Fsp3) is 0.160. The number of allylic oxidation sites excluding steroid dienone is 12. The molecule has 2 aromatic heterocycles. The maximum Gasteiger partial charge on any atom is 0.0847 e. The summed E-state index contributed by atoms with van der Waals surface area (Å²) >= 11 is 0. The van der Waals surface area contributed by atoms with Gasteiger partial charge >= 0.3 is 0 Å². The van der Waals surface area contributed by atoms with Gasteiger partial charge in [0, 0.05) is 29.9 Å². The molecule has 2 unspecified atom stereocenters. The summed E-state index contributed by atoms with van der Waals surface area (Å²) in [6, 6.07) is 71.4. The standard InChI is InChI=1S/C81H68N4/c1-54-21-19-29-62(30-20-22-54)80-69(58-23-9-5-3-4-6-10-24-58)44-39-59-37-38-66(51-76(59)84-80)64-42-46-71-74(50-64)79(61-27-13-8-14-28-61)70-45-41-63(49-73(70)78(71)60-25-11-7-12-26-60)56-33-35-57(36-34-56)65-40-43-68-55(2)72(53-67-31-15-17-47-82-67)81(85-77(68)52-65)75-32-16-18-48-83-75/h3,5,7-9,11-21,23-38,40-43,45-52,54-55,69,72H,4,6,10,22,39,44,53H2,1-2H3/b5-3+,21-19-,23-9-,30-20+,58-24+,62-29+/t54?,55-,69?,72-/m1/s1. The van der Waals surface area contributed by atoms with Gasteiger partial charge in [0.1, 0.15) is 0 Å². The van der Waals surface area contributed by atoms with E-state index in [0.717, 1.165) is 90.3 Å². The molecule has 0 saturated heterocycles. The lowest BCUT2D eigenvalue weighted by atomic mass is 9.77. The Morgan fingerprint density at radius 3 is 1.81 bits per heavy atom. The third-order valence-corrected chi connectivity index (χ3v) is 18.0. The minimum absolute atomic E-state index is 0.147. The van der Waals surface area contributed by atoms with Crippen LogP contribution in [0.5, 0.6) is 0 Å². The number of hydrogen-bond donors (Lipinski definition) is 0. The van der Waals surface area contributed by atoms with E-state index in [1.807, 2.05) is 24.5 Å². The molecule has 2 aliphatic heterocycles. The number of aromatic nitrogens is 2. The van der Waals surface area contributed by atoms with E-state index < -0.39 is 0 Å². The van der Waals surface area contributed by atoms with Crippen molar-refractivity contribution in [3.63, 3.8) is 0 Å². The molecule has 85 heavy (non-hydrogen) atoms. The van der Waals surface area contributed by atoms with E-state index in [0.29, 0.717) is 5.92 Å². The van der Waals surface area contributed by atoms with E-state index in [2.05, 4.69) is 257 Å². The summed E-state index contributed by atoms with van der Waals surface area (Å²) in [4.78, 5) is 20.7. The third kappa shape index (κ3) is 11.0. The first-order valence-electron chi connectivity index (χ1n) is 30.6. The Bertz CT molecular complexity index is 4390. The number of aryl methyl sites for hydroxylation is 1. The summed E-state index contributed by atoms with van der Waals surface area (Å²) < 4.78 is 0. The molecule has 0 amide bonds. The van der Waals surface area contributed by atoms with Crippen molar-refractivity contribution in [2.75, 3.05) is 0 Å². The van der Waals surface area contributed by atoms with E-state index >= 15 is 0 Å². The van der Waals surface area contributed by atoms with Crippen LogP contribution < -0.4 is 0 Å². The van der Waals surface area contributed by atoms with Crippen molar-refractivity contribution in [2.24, 2.45) is 27.7 Å². The lowest BCUT2D eigenvalue weighted by molar-refractivity contribution is 0.556. The zero-order valence-electron chi connectivity index (χ0n) is 48.5. The lowest BCUT2D eigenvalue weighted by Crippen LogP contribution is -2.28. The number of nitrogens with zero attached hydrogens (tertiary/aromatic N) is 4. The first-order chi connectivity index (χ1) is 42.0. The quantitative estimate of drug-likeness (QED) is 0.128. The summed E-state index contributed by atoms with van der Waals surface area (Å²) in [5, 5.41) is 4.90. The molecule has 2 aliphatic carbocycles. The number of pyridine rings is 2. The Labute approximate surface area is 500 Å². The van der Waals surface area contributed by atoms with Gasteiger partial charge in [-0.05, 0) is 205 Å². The molecule has 0 fully saturated rings. The average molecular weight is 1100 g/mol. The van der Waals surface area contributed by atoms with Gasteiger partial charge in [0.25, 0.3) is 0 Å². The van der Waals surface area contributed by atoms with Gasteiger partial charge in [-0.3, -0.25) is 20.0 Å². The van der Waals surface area contributed by atoms with Crippen molar-refractivity contribution < 1.29 is 0 Å². The molecule has 4 aliphatic rings. The van der Waals surface area contributed by atoms with Crippen LogP contribution in [0.15, 0.2) is 288 Å². The molecular weight excluding hydrogens is 1030 g/mol. The van der Waals surface area contributed by atoms with E-state index in [-0.39, 0.29) is 17.8 Å². The number of benzene rings is 8. The Kier molecular flexibility index (Phi) is 15.0. The highest BCUT2D eigenvalue weighted by Crippen LogP contribution is 2.48. The molecule has 8 aromatic carbocycles. The van der Waals surface area contributed by atoms with Crippen LogP contribution in [0.2, 0.25) is 0 Å². The molecule has 14 rings (SSSR count). The molecule has 0 spiro atoms. The normalized spacial score (nSPS) is 21.3. The molecular formula is C81H68N4. The minimum atomic E-state index is 0.147. The second kappa shape index (κ2) is 23.9. The molecule has 4 nitrogen and oxygen atoms in total. The van der Waals surface area contributed by atoms with Crippen molar-refractivity contribution in [2.45, 2.75) is 64.7 Å². The highest BCUT2D eigenvalue weighted by Gasteiger charge is 2.33. The van der Waals surface area contributed by atoms with Crippen LogP contribution in [-0.2, 0) is 12.8 Å². The fourth-order valence-corrected chi connectivity index (χ4v) is 13.5. The Morgan fingerprint density at radius 2 is 1.11 bits per heavy atom. The zero-order valence-corrected chi connectivity index (χ0v) is 48.5. The highest BCUT2D eigenvalue weighted by molar-refractivity contribution is 6.22. The van der Waals surface area contributed by atoms with E-state index in [1.54, 1.807) is 0 Å². The van der Waals surface area contributed by atoms with Crippen LogP contribution >= 0.6 is 0 Å². The summed E-state index contributed by atoms with van der Waals surface area (Å²) in [7, 11) is 0. The van der Waals surface area contributed by atoms with Crippen molar-refractivity contribution in [3.05, 3.63) is 301 Å². The minimum Gasteiger partial charge on any atom is -0.261 e.